The Morgan fingerprint density at radius 3 is 2.84 bits per heavy atom. The minimum Gasteiger partial charge on any atom is -0.456 e. The third kappa shape index (κ3) is 4.55. The van der Waals surface area contributed by atoms with E-state index in [0.717, 1.165) is 34.6 Å². The fourth-order valence-electron chi connectivity index (χ4n) is 4.12. The lowest BCUT2D eigenvalue weighted by Gasteiger charge is -2.20. The van der Waals surface area contributed by atoms with E-state index in [2.05, 4.69) is 5.32 Å². The summed E-state index contributed by atoms with van der Waals surface area (Å²) >= 11 is 1.07. The summed E-state index contributed by atoms with van der Waals surface area (Å²) in [6, 6.07) is 5.37. The fourth-order valence-corrected chi connectivity index (χ4v) is 4.60. The van der Waals surface area contributed by atoms with Gasteiger partial charge < -0.3 is 10.1 Å². The number of carbonyl (C=O) groups is 2. The van der Waals surface area contributed by atoms with Crippen LogP contribution in [0.3, 0.4) is 0 Å². The molecule has 0 aromatic heterocycles. The number of thiocyanates is 1. The summed E-state index contributed by atoms with van der Waals surface area (Å²) in [6.07, 6.45) is 5.38. The van der Waals surface area contributed by atoms with Gasteiger partial charge in [-0.1, -0.05) is 6.42 Å². The van der Waals surface area contributed by atoms with Crippen LogP contribution in [0.4, 0.5) is 5.69 Å². The van der Waals surface area contributed by atoms with Crippen LogP contribution in [-0.2, 0) is 14.3 Å². The van der Waals surface area contributed by atoms with Crippen molar-refractivity contribution in [1.29, 1.82) is 5.26 Å². The summed E-state index contributed by atoms with van der Waals surface area (Å²) in [6.45, 7) is 1.60. The van der Waals surface area contributed by atoms with Crippen molar-refractivity contribution in [3.05, 3.63) is 23.8 Å². The smallest absolute Gasteiger partial charge is 0.306 e. The van der Waals surface area contributed by atoms with Crippen molar-refractivity contribution in [2.24, 2.45) is 17.8 Å². The lowest BCUT2D eigenvalue weighted by molar-refractivity contribution is -0.148. The van der Waals surface area contributed by atoms with E-state index in [1.807, 2.05) is 18.4 Å². The first-order chi connectivity index (χ1) is 12.0. The Hall–Kier alpha value is -2.00. The van der Waals surface area contributed by atoms with E-state index in [0.29, 0.717) is 23.9 Å². The Morgan fingerprint density at radius 2 is 2.20 bits per heavy atom. The molecule has 2 bridgehead atoms. The third-order valence-corrected chi connectivity index (χ3v) is 5.89. The van der Waals surface area contributed by atoms with Crippen molar-refractivity contribution in [3.8, 4) is 5.40 Å². The number of amides is 1. The summed E-state index contributed by atoms with van der Waals surface area (Å²) in [5.41, 5.74) is 1.53. The predicted molar refractivity (Wildman–Crippen MR) is 95.8 cm³/mol. The number of thioether (sulfide) groups is 1. The van der Waals surface area contributed by atoms with E-state index < -0.39 is 0 Å². The van der Waals surface area contributed by atoms with E-state index in [9.17, 15) is 9.59 Å². The summed E-state index contributed by atoms with van der Waals surface area (Å²) in [4.78, 5) is 24.8. The van der Waals surface area contributed by atoms with Crippen LogP contribution in [0, 0.1) is 35.3 Å². The van der Waals surface area contributed by atoms with E-state index >= 15 is 0 Å². The molecule has 2 aliphatic carbocycles. The minimum atomic E-state index is -0.343. The second-order valence-corrected chi connectivity index (χ2v) is 7.88. The van der Waals surface area contributed by atoms with Crippen LogP contribution in [0.2, 0.25) is 0 Å². The van der Waals surface area contributed by atoms with Crippen LogP contribution in [0.25, 0.3) is 0 Å². The number of benzene rings is 1. The van der Waals surface area contributed by atoms with Crippen LogP contribution >= 0.6 is 11.8 Å². The standard InChI is InChI=1S/C19H22N2O3S/c1-12-6-16(25-11-20)4-5-17(12)21-18(22)10-24-19(23)9-15-8-13-2-3-14(15)7-13/h4-6,13-15H,2-3,7-10H2,1H3,(H,21,22)/t13-,14-,15-/m1/s1. The number of rotatable bonds is 6. The molecule has 0 unspecified atom stereocenters. The maximum Gasteiger partial charge on any atom is 0.306 e. The molecule has 1 aromatic rings. The zero-order valence-corrected chi connectivity index (χ0v) is 15.1. The van der Waals surface area contributed by atoms with Gasteiger partial charge in [-0.3, -0.25) is 9.59 Å². The number of ether oxygens (including phenoxy) is 1. The number of nitriles is 1. The van der Waals surface area contributed by atoms with Crippen LogP contribution in [-0.4, -0.2) is 18.5 Å². The average molecular weight is 358 g/mol. The number of esters is 1. The summed E-state index contributed by atoms with van der Waals surface area (Å²) < 4.78 is 5.15. The molecule has 0 spiro atoms. The number of anilines is 1. The molecule has 3 rings (SSSR count). The number of fused-ring (bicyclic) bond motifs is 2. The van der Waals surface area contributed by atoms with E-state index in [4.69, 9.17) is 10.00 Å². The third-order valence-electron chi connectivity index (χ3n) is 5.31. The highest BCUT2D eigenvalue weighted by atomic mass is 32.2. The molecule has 1 aromatic carbocycles. The zero-order valence-electron chi connectivity index (χ0n) is 14.3. The highest BCUT2D eigenvalue weighted by Crippen LogP contribution is 2.49. The largest absolute Gasteiger partial charge is 0.456 e. The van der Waals surface area contributed by atoms with Gasteiger partial charge in [-0.05, 0) is 79.5 Å². The summed E-state index contributed by atoms with van der Waals surface area (Å²) in [5, 5.41) is 13.4. The van der Waals surface area contributed by atoms with Crippen molar-refractivity contribution in [1.82, 2.24) is 0 Å². The van der Waals surface area contributed by atoms with E-state index in [-0.39, 0.29) is 18.5 Å². The Labute approximate surface area is 152 Å². The number of hydrogen-bond acceptors (Lipinski definition) is 5. The molecule has 2 fully saturated rings. The molecule has 0 aliphatic heterocycles. The summed E-state index contributed by atoms with van der Waals surface area (Å²) in [5.74, 6) is 1.31. The van der Waals surface area contributed by atoms with Crippen molar-refractivity contribution in [2.45, 2.75) is 43.9 Å². The SMILES string of the molecule is Cc1cc(SC#N)ccc1NC(=O)COC(=O)C[C@H]1C[C@@H]2CC[C@@H]1C2. The minimum absolute atomic E-state index is 0.256. The molecule has 0 radical (unpaired) electrons. The van der Waals surface area contributed by atoms with Gasteiger partial charge in [-0.2, -0.15) is 5.26 Å². The normalized spacial score (nSPS) is 23.9. The first-order valence-corrected chi connectivity index (χ1v) is 9.49. The van der Waals surface area contributed by atoms with Gasteiger partial charge in [0.15, 0.2) is 6.61 Å². The number of nitrogens with one attached hydrogen (secondary N) is 1. The quantitative estimate of drug-likeness (QED) is 0.474. The first kappa shape index (κ1) is 17.8. The maximum atomic E-state index is 12.0. The van der Waals surface area contributed by atoms with Crippen LogP contribution in [0.5, 0.6) is 0 Å². The lowest BCUT2D eigenvalue weighted by Crippen LogP contribution is -2.23. The molecule has 132 valence electrons. The molecule has 5 nitrogen and oxygen atoms in total. The van der Waals surface area contributed by atoms with Crippen molar-refractivity contribution < 1.29 is 14.3 Å². The van der Waals surface area contributed by atoms with E-state index in [1.165, 1.54) is 19.3 Å². The zero-order chi connectivity index (χ0) is 17.8. The fraction of sp³-hybridized carbons (Fsp3) is 0.526. The van der Waals surface area contributed by atoms with Gasteiger partial charge in [-0.25, -0.2) is 0 Å². The molecule has 3 atom stereocenters. The van der Waals surface area contributed by atoms with Gasteiger partial charge >= 0.3 is 5.97 Å². The van der Waals surface area contributed by atoms with Crippen LogP contribution < -0.4 is 5.32 Å². The van der Waals surface area contributed by atoms with Crippen molar-refractivity contribution in [3.63, 3.8) is 0 Å². The first-order valence-electron chi connectivity index (χ1n) is 8.67. The highest BCUT2D eigenvalue weighted by molar-refractivity contribution is 8.03. The molecular formula is C19H22N2O3S. The van der Waals surface area contributed by atoms with E-state index in [1.54, 1.807) is 12.1 Å². The molecule has 6 heteroatoms. The van der Waals surface area contributed by atoms with Gasteiger partial charge in [0.25, 0.3) is 5.91 Å². The number of nitrogens with zero attached hydrogens (tertiary/aromatic N) is 1. The molecule has 1 N–H and O–H groups in total. The average Bonchev–Trinajstić information content (AvgIpc) is 3.19. The second-order valence-electron chi connectivity index (χ2n) is 7.02. The Bertz CT molecular complexity index is 713. The molecule has 2 aliphatic rings. The van der Waals surface area contributed by atoms with Crippen molar-refractivity contribution >= 4 is 29.3 Å². The van der Waals surface area contributed by atoms with Crippen molar-refractivity contribution in [2.75, 3.05) is 11.9 Å². The monoisotopic (exact) mass is 358 g/mol. The lowest BCUT2D eigenvalue weighted by atomic mass is 9.86. The Balaban J connectivity index is 1.43. The molecule has 0 heterocycles. The van der Waals surface area contributed by atoms with Gasteiger partial charge in [0.1, 0.15) is 5.40 Å². The summed E-state index contributed by atoms with van der Waals surface area (Å²) in [7, 11) is 0. The molecular weight excluding hydrogens is 336 g/mol. The molecule has 2 saturated carbocycles. The molecule has 1 amide bonds. The molecule has 0 saturated heterocycles. The second kappa shape index (κ2) is 7.92. The van der Waals surface area contributed by atoms with Gasteiger partial charge in [0.2, 0.25) is 0 Å². The van der Waals surface area contributed by atoms with Crippen LogP contribution in [0.1, 0.15) is 37.7 Å². The number of hydrogen-bond donors (Lipinski definition) is 1. The molecule has 25 heavy (non-hydrogen) atoms. The van der Waals surface area contributed by atoms with Gasteiger partial charge in [-0.15, -0.1) is 0 Å². The van der Waals surface area contributed by atoms with Crippen LogP contribution in [0.15, 0.2) is 23.1 Å². The Kier molecular flexibility index (Phi) is 5.64. The number of carbonyl (C=O) groups excluding carboxylic acids is 2. The Morgan fingerprint density at radius 1 is 1.36 bits per heavy atom. The highest BCUT2D eigenvalue weighted by Gasteiger charge is 2.40. The maximum absolute atomic E-state index is 12.0. The van der Waals surface area contributed by atoms with Gasteiger partial charge in [0.05, 0.1) is 0 Å². The predicted octanol–water partition coefficient (Wildman–Crippen LogP) is 3.88. The topological polar surface area (TPSA) is 79.2 Å². The number of aryl methyl sites for hydroxylation is 1. The van der Waals surface area contributed by atoms with Gasteiger partial charge in [0, 0.05) is 17.0 Å².